The Kier molecular flexibility index (Phi) is 2.32. The molecule has 1 N–H and O–H groups in total. The van der Waals surface area contributed by atoms with Gasteiger partial charge in [-0.25, -0.2) is 0 Å². The normalized spacial score (nSPS) is 50.5. The van der Waals surface area contributed by atoms with E-state index in [9.17, 15) is 5.11 Å². The highest BCUT2D eigenvalue weighted by molar-refractivity contribution is 4.96. The SMILES string of the molecule is COC1CC(C)(O)CC2OCOC12. The molecule has 2 aliphatic rings. The Labute approximate surface area is 77.8 Å². The van der Waals surface area contributed by atoms with Gasteiger partial charge < -0.3 is 19.3 Å². The first-order chi connectivity index (χ1) is 6.12. The average Bonchev–Trinajstić information content (AvgIpc) is 2.48. The van der Waals surface area contributed by atoms with E-state index in [-0.39, 0.29) is 18.3 Å². The van der Waals surface area contributed by atoms with Crippen molar-refractivity contribution in [2.75, 3.05) is 13.9 Å². The third kappa shape index (κ3) is 1.72. The Morgan fingerprint density at radius 1 is 1.38 bits per heavy atom. The molecule has 13 heavy (non-hydrogen) atoms. The van der Waals surface area contributed by atoms with Gasteiger partial charge in [-0.05, 0) is 6.92 Å². The number of rotatable bonds is 1. The first-order valence-corrected chi connectivity index (χ1v) is 4.61. The number of methoxy groups -OCH3 is 1. The third-order valence-electron chi connectivity index (χ3n) is 2.86. The second-order valence-corrected chi connectivity index (χ2v) is 4.13. The van der Waals surface area contributed by atoms with E-state index in [0.29, 0.717) is 19.6 Å². The minimum Gasteiger partial charge on any atom is -0.390 e. The van der Waals surface area contributed by atoms with Crippen LogP contribution < -0.4 is 0 Å². The molecule has 76 valence electrons. The molecule has 0 aromatic rings. The molecule has 1 aliphatic carbocycles. The largest absolute Gasteiger partial charge is 0.390 e. The maximum Gasteiger partial charge on any atom is 0.147 e. The zero-order chi connectivity index (χ0) is 9.47. The summed E-state index contributed by atoms with van der Waals surface area (Å²) in [5.41, 5.74) is -0.685. The fourth-order valence-corrected chi connectivity index (χ4v) is 2.21. The molecule has 1 heterocycles. The van der Waals surface area contributed by atoms with Crippen LogP contribution in [0.3, 0.4) is 0 Å². The van der Waals surface area contributed by atoms with Crippen LogP contribution in [0.1, 0.15) is 19.8 Å². The Morgan fingerprint density at radius 3 is 2.85 bits per heavy atom. The molecule has 4 nitrogen and oxygen atoms in total. The summed E-state index contributed by atoms with van der Waals surface area (Å²) >= 11 is 0. The van der Waals surface area contributed by atoms with E-state index >= 15 is 0 Å². The zero-order valence-corrected chi connectivity index (χ0v) is 8.03. The Balaban J connectivity index is 2.10. The van der Waals surface area contributed by atoms with Crippen LogP contribution in [0.15, 0.2) is 0 Å². The van der Waals surface area contributed by atoms with Crippen molar-refractivity contribution in [1.82, 2.24) is 0 Å². The van der Waals surface area contributed by atoms with Gasteiger partial charge in [-0.2, -0.15) is 0 Å². The molecule has 0 aromatic carbocycles. The lowest BCUT2D eigenvalue weighted by molar-refractivity contribution is -0.117. The van der Waals surface area contributed by atoms with Crippen molar-refractivity contribution in [3.05, 3.63) is 0 Å². The molecular weight excluding hydrogens is 172 g/mol. The van der Waals surface area contributed by atoms with Gasteiger partial charge in [-0.15, -0.1) is 0 Å². The zero-order valence-electron chi connectivity index (χ0n) is 8.03. The molecule has 2 rings (SSSR count). The molecule has 0 amide bonds. The fraction of sp³-hybridized carbons (Fsp3) is 1.00. The monoisotopic (exact) mass is 188 g/mol. The van der Waals surface area contributed by atoms with Crippen LogP contribution in [-0.2, 0) is 14.2 Å². The van der Waals surface area contributed by atoms with Crippen molar-refractivity contribution >= 4 is 0 Å². The Hall–Kier alpha value is -0.160. The van der Waals surface area contributed by atoms with Crippen LogP contribution in [0.2, 0.25) is 0 Å². The molecule has 2 fully saturated rings. The van der Waals surface area contributed by atoms with Crippen LogP contribution in [0, 0.1) is 0 Å². The van der Waals surface area contributed by atoms with E-state index in [2.05, 4.69) is 0 Å². The number of aliphatic hydroxyl groups is 1. The van der Waals surface area contributed by atoms with Crippen molar-refractivity contribution in [2.24, 2.45) is 0 Å². The third-order valence-corrected chi connectivity index (χ3v) is 2.86. The van der Waals surface area contributed by atoms with Crippen molar-refractivity contribution < 1.29 is 19.3 Å². The van der Waals surface area contributed by atoms with Crippen molar-refractivity contribution in [1.29, 1.82) is 0 Å². The van der Waals surface area contributed by atoms with Gasteiger partial charge in [0.05, 0.1) is 17.8 Å². The standard InChI is InChI=1S/C9H16O4/c1-9(10)3-6(11-2)8-7(4-9)12-5-13-8/h6-8,10H,3-5H2,1-2H3. The predicted octanol–water partition coefficient (Wildman–Crippen LogP) is 0.288. The van der Waals surface area contributed by atoms with Gasteiger partial charge in [-0.1, -0.05) is 0 Å². The lowest BCUT2D eigenvalue weighted by atomic mass is 9.81. The summed E-state index contributed by atoms with van der Waals surface area (Å²) in [6, 6.07) is 0. The van der Waals surface area contributed by atoms with Gasteiger partial charge in [0.25, 0.3) is 0 Å². The van der Waals surface area contributed by atoms with E-state index in [0.717, 1.165) is 0 Å². The van der Waals surface area contributed by atoms with Gasteiger partial charge in [0, 0.05) is 20.0 Å². The molecule has 4 unspecified atom stereocenters. The summed E-state index contributed by atoms with van der Waals surface area (Å²) in [5, 5.41) is 9.91. The minimum atomic E-state index is -0.685. The van der Waals surface area contributed by atoms with Gasteiger partial charge in [-0.3, -0.25) is 0 Å². The van der Waals surface area contributed by atoms with Crippen LogP contribution in [0.25, 0.3) is 0 Å². The molecule has 0 spiro atoms. The number of ether oxygens (including phenoxy) is 3. The predicted molar refractivity (Wildman–Crippen MR) is 45.3 cm³/mol. The van der Waals surface area contributed by atoms with Gasteiger partial charge >= 0.3 is 0 Å². The molecule has 0 radical (unpaired) electrons. The van der Waals surface area contributed by atoms with Gasteiger partial charge in [0.15, 0.2) is 0 Å². The quantitative estimate of drug-likeness (QED) is 0.642. The summed E-state index contributed by atoms with van der Waals surface area (Å²) in [4.78, 5) is 0. The summed E-state index contributed by atoms with van der Waals surface area (Å²) in [7, 11) is 1.64. The first kappa shape index (κ1) is 9.40. The molecule has 1 aliphatic heterocycles. The smallest absolute Gasteiger partial charge is 0.147 e. The van der Waals surface area contributed by atoms with Crippen molar-refractivity contribution in [3.8, 4) is 0 Å². The topological polar surface area (TPSA) is 47.9 Å². The van der Waals surface area contributed by atoms with Crippen LogP contribution in [0.5, 0.6) is 0 Å². The van der Waals surface area contributed by atoms with Crippen LogP contribution in [-0.4, -0.2) is 42.9 Å². The van der Waals surface area contributed by atoms with E-state index in [1.54, 1.807) is 7.11 Å². The first-order valence-electron chi connectivity index (χ1n) is 4.61. The number of fused-ring (bicyclic) bond motifs is 1. The van der Waals surface area contributed by atoms with Crippen molar-refractivity contribution in [2.45, 2.75) is 43.7 Å². The van der Waals surface area contributed by atoms with E-state index < -0.39 is 5.60 Å². The van der Waals surface area contributed by atoms with Crippen LogP contribution >= 0.6 is 0 Å². The molecule has 1 saturated heterocycles. The molecule has 0 aromatic heterocycles. The molecule has 4 atom stereocenters. The highest BCUT2D eigenvalue weighted by atomic mass is 16.7. The molecular formula is C9H16O4. The number of hydrogen-bond donors (Lipinski definition) is 1. The minimum absolute atomic E-state index is 0.00484. The highest BCUT2D eigenvalue weighted by Gasteiger charge is 2.47. The highest BCUT2D eigenvalue weighted by Crippen LogP contribution is 2.35. The van der Waals surface area contributed by atoms with Crippen molar-refractivity contribution in [3.63, 3.8) is 0 Å². The summed E-state index contributed by atoms with van der Waals surface area (Å²) in [6.07, 6.45) is 1.21. The Morgan fingerprint density at radius 2 is 2.15 bits per heavy atom. The lowest BCUT2D eigenvalue weighted by Gasteiger charge is -2.39. The fourth-order valence-electron chi connectivity index (χ4n) is 2.21. The second-order valence-electron chi connectivity index (χ2n) is 4.13. The summed E-state index contributed by atoms with van der Waals surface area (Å²) < 4.78 is 16.0. The average molecular weight is 188 g/mol. The Bertz CT molecular complexity index is 192. The lowest BCUT2D eigenvalue weighted by Crippen LogP contribution is -2.50. The van der Waals surface area contributed by atoms with E-state index in [4.69, 9.17) is 14.2 Å². The molecule has 4 heteroatoms. The second kappa shape index (κ2) is 3.20. The summed E-state index contributed by atoms with van der Waals surface area (Å²) in [6.45, 7) is 2.14. The van der Waals surface area contributed by atoms with E-state index in [1.165, 1.54) is 0 Å². The number of hydrogen-bond acceptors (Lipinski definition) is 4. The van der Waals surface area contributed by atoms with E-state index in [1.807, 2.05) is 6.92 Å². The maximum absolute atomic E-state index is 9.91. The van der Waals surface area contributed by atoms with Gasteiger partial charge in [0.1, 0.15) is 12.9 Å². The maximum atomic E-state index is 9.91. The summed E-state index contributed by atoms with van der Waals surface area (Å²) in [5.74, 6) is 0. The van der Waals surface area contributed by atoms with Crippen LogP contribution in [0.4, 0.5) is 0 Å². The molecule has 1 saturated carbocycles. The van der Waals surface area contributed by atoms with Gasteiger partial charge in [0.2, 0.25) is 0 Å². The molecule has 0 bridgehead atoms.